The maximum Gasteiger partial charge on any atom is 0.409 e. The second kappa shape index (κ2) is 8.65. The molecule has 140 valence electrons. The number of hydrogen-bond donors (Lipinski definition) is 0. The van der Waals surface area contributed by atoms with Crippen LogP contribution in [0.1, 0.15) is 63.0 Å². The molecule has 2 aliphatic rings. The van der Waals surface area contributed by atoms with Gasteiger partial charge in [-0.05, 0) is 45.7 Å². The lowest BCUT2D eigenvalue weighted by atomic mass is 9.96. The van der Waals surface area contributed by atoms with E-state index in [9.17, 15) is 4.79 Å². The number of carbonyl (C=O) groups is 1. The summed E-state index contributed by atoms with van der Waals surface area (Å²) in [6, 6.07) is 0. The van der Waals surface area contributed by atoms with Gasteiger partial charge in [-0.15, -0.1) is 10.2 Å². The molecule has 7 heteroatoms. The van der Waals surface area contributed by atoms with Crippen LogP contribution in [0.15, 0.2) is 0 Å². The third kappa shape index (κ3) is 4.51. The van der Waals surface area contributed by atoms with Crippen molar-refractivity contribution in [3.63, 3.8) is 0 Å². The number of hydrogen-bond acceptors (Lipinski definition) is 5. The van der Waals surface area contributed by atoms with E-state index in [0.29, 0.717) is 12.5 Å². The first kappa shape index (κ1) is 18.2. The molecule has 3 heterocycles. The van der Waals surface area contributed by atoms with Crippen molar-refractivity contribution in [3.8, 4) is 0 Å². The lowest BCUT2D eigenvalue weighted by molar-refractivity contribution is 0.0964. The van der Waals surface area contributed by atoms with Gasteiger partial charge in [0, 0.05) is 26.1 Å². The number of ether oxygens (including phenoxy) is 1. The van der Waals surface area contributed by atoms with Crippen LogP contribution in [0.3, 0.4) is 0 Å². The number of likely N-dealkylation sites (tertiary alicyclic amines) is 2. The molecule has 7 nitrogen and oxygen atoms in total. The van der Waals surface area contributed by atoms with Gasteiger partial charge >= 0.3 is 6.09 Å². The average Bonchev–Trinajstić information content (AvgIpc) is 2.83. The normalized spacial score (nSPS) is 20.5. The Morgan fingerprint density at radius 3 is 2.40 bits per heavy atom. The minimum absolute atomic E-state index is 0.194. The van der Waals surface area contributed by atoms with E-state index in [0.717, 1.165) is 44.1 Å². The zero-order valence-electron chi connectivity index (χ0n) is 15.6. The molecule has 3 rings (SSSR count). The van der Waals surface area contributed by atoms with Gasteiger partial charge in [-0.1, -0.05) is 12.8 Å². The Morgan fingerprint density at radius 2 is 1.76 bits per heavy atom. The van der Waals surface area contributed by atoms with Crippen molar-refractivity contribution < 1.29 is 9.53 Å². The van der Waals surface area contributed by atoms with E-state index in [2.05, 4.69) is 26.7 Å². The Bertz CT molecular complexity index is 558. The van der Waals surface area contributed by atoms with Crippen molar-refractivity contribution in [3.05, 3.63) is 11.6 Å². The van der Waals surface area contributed by atoms with E-state index < -0.39 is 0 Å². The molecule has 2 saturated heterocycles. The second-order valence-corrected chi connectivity index (χ2v) is 7.18. The summed E-state index contributed by atoms with van der Waals surface area (Å²) < 4.78 is 7.27. The Labute approximate surface area is 150 Å². The van der Waals surface area contributed by atoms with Crippen LogP contribution in [-0.4, -0.2) is 63.4 Å². The molecule has 0 saturated carbocycles. The van der Waals surface area contributed by atoms with Crippen LogP contribution in [-0.2, 0) is 18.3 Å². The van der Waals surface area contributed by atoms with Gasteiger partial charge in [-0.25, -0.2) is 4.79 Å². The van der Waals surface area contributed by atoms with E-state index in [1.807, 2.05) is 6.92 Å². The molecule has 1 amide bonds. The second-order valence-electron chi connectivity index (χ2n) is 7.18. The topological polar surface area (TPSA) is 63.5 Å². The highest BCUT2D eigenvalue weighted by Gasteiger charge is 2.28. The Hall–Kier alpha value is -1.63. The minimum Gasteiger partial charge on any atom is -0.450 e. The van der Waals surface area contributed by atoms with Crippen LogP contribution in [0.4, 0.5) is 4.79 Å². The van der Waals surface area contributed by atoms with Gasteiger partial charge in [0.05, 0.1) is 13.2 Å². The molecule has 1 aromatic rings. The Morgan fingerprint density at radius 1 is 1.08 bits per heavy atom. The van der Waals surface area contributed by atoms with Crippen LogP contribution >= 0.6 is 0 Å². The molecule has 1 aromatic heterocycles. The molecule has 0 atom stereocenters. The Kier molecular flexibility index (Phi) is 6.29. The van der Waals surface area contributed by atoms with Gasteiger partial charge in [-0.2, -0.15) is 0 Å². The first-order chi connectivity index (χ1) is 12.2. The van der Waals surface area contributed by atoms with Crippen molar-refractivity contribution in [2.45, 2.75) is 57.9 Å². The number of nitrogens with zero attached hydrogens (tertiary/aromatic N) is 5. The van der Waals surface area contributed by atoms with Crippen LogP contribution in [0.25, 0.3) is 0 Å². The van der Waals surface area contributed by atoms with Crippen LogP contribution in [0, 0.1) is 0 Å². The van der Waals surface area contributed by atoms with E-state index in [4.69, 9.17) is 4.74 Å². The summed E-state index contributed by atoms with van der Waals surface area (Å²) in [4.78, 5) is 16.1. The molecule has 0 spiro atoms. The highest BCUT2D eigenvalue weighted by atomic mass is 16.6. The fraction of sp³-hybridized carbons (Fsp3) is 0.833. The number of aromatic nitrogens is 3. The van der Waals surface area contributed by atoms with Crippen molar-refractivity contribution >= 4 is 6.09 Å². The predicted molar refractivity (Wildman–Crippen MR) is 95.3 cm³/mol. The predicted octanol–water partition coefficient (Wildman–Crippen LogP) is 2.53. The van der Waals surface area contributed by atoms with E-state index >= 15 is 0 Å². The third-order valence-electron chi connectivity index (χ3n) is 5.45. The quantitative estimate of drug-likeness (QED) is 0.836. The van der Waals surface area contributed by atoms with E-state index in [1.54, 1.807) is 4.90 Å². The molecule has 0 aromatic carbocycles. The first-order valence-electron chi connectivity index (χ1n) is 9.71. The van der Waals surface area contributed by atoms with E-state index in [1.165, 1.54) is 38.8 Å². The lowest BCUT2D eigenvalue weighted by Crippen LogP contribution is -2.38. The van der Waals surface area contributed by atoms with Gasteiger partial charge in [0.25, 0.3) is 0 Å². The fourth-order valence-electron chi connectivity index (χ4n) is 3.90. The first-order valence-corrected chi connectivity index (χ1v) is 9.71. The molecule has 0 radical (unpaired) electrons. The number of rotatable bonds is 4. The monoisotopic (exact) mass is 349 g/mol. The zero-order valence-corrected chi connectivity index (χ0v) is 15.6. The minimum atomic E-state index is -0.194. The van der Waals surface area contributed by atoms with Crippen molar-refractivity contribution in [1.82, 2.24) is 24.6 Å². The molecule has 25 heavy (non-hydrogen) atoms. The van der Waals surface area contributed by atoms with Gasteiger partial charge in [0.15, 0.2) is 0 Å². The van der Waals surface area contributed by atoms with E-state index in [-0.39, 0.29) is 6.09 Å². The molecule has 0 unspecified atom stereocenters. The molecule has 2 aliphatic heterocycles. The third-order valence-corrected chi connectivity index (χ3v) is 5.45. The highest BCUT2D eigenvalue weighted by Crippen LogP contribution is 2.27. The summed E-state index contributed by atoms with van der Waals surface area (Å²) >= 11 is 0. The summed E-state index contributed by atoms with van der Waals surface area (Å²) in [5, 5.41) is 8.95. The summed E-state index contributed by atoms with van der Waals surface area (Å²) in [6.45, 7) is 6.97. The highest BCUT2D eigenvalue weighted by molar-refractivity contribution is 5.67. The maximum atomic E-state index is 11.8. The largest absolute Gasteiger partial charge is 0.450 e. The molecule has 0 aliphatic carbocycles. The summed E-state index contributed by atoms with van der Waals surface area (Å²) in [5.41, 5.74) is 0. The Balaban J connectivity index is 1.57. The summed E-state index contributed by atoms with van der Waals surface area (Å²) in [7, 11) is 2.08. The van der Waals surface area contributed by atoms with Crippen molar-refractivity contribution in [1.29, 1.82) is 0 Å². The van der Waals surface area contributed by atoms with Crippen LogP contribution < -0.4 is 0 Å². The number of amides is 1. The van der Waals surface area contributed by atoms with Crippen molar-refractivity contribution in [2.75, 3.05) is 32.8 Å². The van der Waals surface area contributed by atoms with Crippen LogP contribution in [0.2, 0.25) is 0 Å². The standard InChI is InChI=1S/C18H31N5O2/c1-3-25-18(24)23-12-8-15(9-13-23)17-20-19-16(21(17)2)14-22-10-6-4-5-7-11-22/h15H,3-14H2,1-2H3. The van der Waals surface area contributed by atoms with Gasteiger partial charge in [0.2, 0.25) is 0 Å². The molecular formula is C18H31N5O2. The SMILES string of the molecule is CCOC(=O)N1CCC(c2nnc(CN3CCCCCC3)n2C)CC1. The van der Waals surface area contributed by atoms with Crippen LogP contribution in [0.5, 0.6) is 0 Å². The smallest absolute Gasteiger partial charge is 0.409 e. The molecule has 2 fully saturated rings. The summed E-state index contributed by atoms with van der Waals surface area (Å²) in [6.07, 6.45) is 6.93. The number of carbonyl (C=O) groups excluding carboxylic acids is 1. The lowest BCUT2D eigenvalue weighted by Gasteiger charge is -2.30. The molecule has 0 bridgehead atoms. The molecule has 0 N–H and O–H groups in total. The number of piperidine rings is 1. The zero-order chi connectivity index (χ0) is 17.6. The fourth-order valence-corrected chi connectivity index (χ4v) is 3.90. The molecular weight excluding hydrogens is 318 g/mol. The van der Waals surface area contributed by atoms with Crippen molar-refractivity contribution in [2.24, 2.45) is 7.05 Å². The average molecular weight is 349 g/mol. The van der Waals surface area contributed by atoms with Gasteiger partial charge in [-0.3, -0.25) is 4.90 Å². The van der Waals surface area contributed by atoms with Gasteiger partial charge < -0.3 is 14.2 Å². The van der Waals surface area contributed by atoms with Gasteiger partial charge in [0.1, 0.15) is 11.6 Å². The summed E-state index contributed by atoms with van der Waals surface area (Å²) in [5.74, 6) is 2.50. The maximum absolute atomic E-state index is 11.8.